The highest BCUT2D eigenvalue weighted by atomic mass is 35.5. The number of hydrogen-bond acceptors (Lipinski definition) is 6. The fourth-order valence-electron chi connectivity index (χ4n) is 2.26. The van der Waals surface area contributed by atoms with Crippen LogP contribution >= 0.6 is 11.6 Å². The van der Waals surface area contributed by atoms with Gasteiger partial charge in [0.15, 0.2) is 0 Å². The first-order valence-corrected chi connectivity index (χ1v) is 9.67. The number of rotatable bonds is 7. The first-order chi connectivity index (χ1) is 12.7. The summed E-state index contributed by atoms with van der Waals surface area (Å²) in [7, 11) is -4.28. The number of esters is 1. The first-order valence-electron chi connectivity index (χ1n) is 7.85. The van der Waals surface area contributed by atoms with E-state index >= 15 is 0 Å². The topological polar surface area (TPSA) is 107 Å². The number of sulfonamides is 1. The second-order valence-corrected chi connectivity index (χ2v) is 7.77. The third-order valence-electron chi connectivity index (χ3n) is 3.64. The number of nitro groups is 1. The number of aryl methyl sites for hydroxylation is 1. The van der Waals surface area contributed by atoms with Crippen molar-refractivity contribution in [3.8, 4) is 0 Å². The number of nitro benzene ring substituents is 1. The summed E-state index contributed by atoms with van der Waals surface area (Å²) in [6, 6.07) is 9.10. The van der Waals surface area contributed by atoms with Gasteiger partial charge in [-0.1, -0.05) is 23.7 Å². The van der Waals surface area contributed by atoms with E-state index in [1.165, 1.54) is 30.3 Å². The van der Waals surface area contributed by atoms with Crippen LogP contribution in [0.1, 0.15) is 12.5 Å². The minimum absolute atomic E-state index is 0.0815. The van der Waals surface area contributed by atoms with Crippen LogP contribution in [0.25, 0.3) is 0 Å². The smallest absolute Gasteiger partial charge is 0.326 e. The molecule has 0 aliphatic carbocycles. The van der Waals surface area contributed by atoms with Crippen LogP contribution in [-0.4, -0.2) is 32.5 Å². The molecule has 0 fully saturated rings. The van der Waals surface area contributed by atoms with Crippen molar-refractivity contribution < 1.29 is 22.9 Å². The van der Waals surface area contributed by atoms with Gasteiger partial charge in [-0.3, -0.25) is 19.2 Å². The number of anilines is 1. The van der Waals surface area contributed by atoms with Gasteiger partial charge in [0.05, 0.1) is 22.1 Å². The number of nitrogens with zero attached hydrogens (tertiary/aromatic N) is 2. The number of non-ortho nitro benzene ring substituents is 1. The minimum Gasteiger partial charge on any atom is -0.465 e. The second-order valence-electron chi connectivity index (χ2n) is 5.50. The SMILES string of the molecule is CCOC(=O)CN(c1ccc(C)c(Cl)c1)S(=O)(=O)c1cccc([N+](=O)[O-])c1. The first kappa shape index (κ1) is 20.7. The van der Waals surface area contributed by atoms with Crippen molar-refractivity contribution in [1.29, 1.82) is 0 Å². The number of benzene rings is 2. The van der Waals surface area contributed by atoms with Crippen molar-refractivity contribution in [3.05, 3.63) is 63.2 Å². The molecular weight excluding hydrogens is 396 g/mol. The van der Waals surface area contributed by atoms with E-state index in [4.69, 9.17) is 16.3 Å². The molecule has 0 saturated carbocycles. The molecule has 27 heavy (non-hydrogen) atoms. The molecule has 0 heterocycles. The molecule has 2 aromatic carbocycles. The highest BCUT2D eigenvalue weighted by Crippen LogP contribution is 2.29. The Morgan fingerprint density at radius 3 is 2.56 bits per heavy atom. The summed E-state index contributed by atoms with van der Waals surface area (Å²) in [4.78, 5) is 21.9. The maximum Gasteiger partial charge on any atom is 0.326 e. The molecule has 0 saturated heterocycles. The molecule has 0 radical (unpaired) electrons. The average molecular weight is 413 g/mol. The van der Waals surface area contributed by atoms with Gasteiger partial charge in [-0.05, 0) is 37.6 Å². The van der Waals surface area contributed by atoms with Crippen molar-refractivity contribution in [1.82, 2.24) is 0 Å². The highest BCUT2D eigenvalue weighted by Gasteiger charge is 2.29. The van der Waals surface area contributed by atoms with Crippen molar-refractivity contribution in [2.24, 2.45) is 0 Å². The summed E-state index contributed by atoms with van der Waals surface area (Å²) in [5.74, 6) is -0.761. The van der Waals surface area contributed by atoms with Crippen molar-refractivity contribution in [2.75, 3.05) is 17.5 Å². The highest BCUT2D eigenvalue weighted by molar-refractivity contribution is 7.92. The summed E-state index contributed by atoms with van der Waals surface area (Å²) < 4.78 is 31.9. The minimum atomic E-state index is -4.28. The lowest BCUT2D eigenvalue weighted by atomic mass is 10.2. The normalized spacial score (nSPS) is 11.1. The molecule has 0 spiro atoms. The van der Waals surface area contributed by atoms with Crippen molar-refractivity contribution in [2.45, 2.75) is 18.7 Å². The summed E-state index contributed by atoms with van der Waals surface area (Å²) >= 11 is 6.09. The second kappa shape index (κ2) is 8.36. The van der Waals surface area contributed by atoms with E-state index in [0.717, 1.165) is 15.9 Å². The molecule has 0 aliphatic heterocycles. The molecule has 2 aromatic rings. The third-order valence-corrected chi connectivity index (χ3v) is 5.81. The zero-order valence-electron chi connectivity index (χ0n) is 14.6. The predicted molar refractivity (Wildman–Crippen MR) is 100 cm³/mol. The maximum atomic E-state index is 13.1. The van der Waals surface area contributed by atoms with Gasteiger partial charge in [-0.2, -0.15) is 0 Å². The molecule has 0 aromatic heterocycles. The number of carbonyl (C=O) groups excluding carboxylic acids is 1. The summed E-state index contributed by atoms with van der Waals surface area (Å²) in [5.41, 5.74) is 0.489. The Morgan fingerprint density at radius 2 is 1.96 bits per heavy atom. The standard InChI is InChI=1S/C17H17ClN2O6S/c1-3-26-17(21)11-19(13-8-7-12(2)16(18)10-13)27(24,25)15-6-4-5-14(9-15)20(22)23/h4-10H,3,11H2,1-2H3. The largest absolute Gasteiger partial charge is 0.465 e. The Balaban J connectivity index is 2.56. The van der Waals surface area contributed by atoms with Crippen LogP contribution in [0.4, 0.5) is 11.4 Å². The van der Waals surface area contributed by atoms with Crippen LogP contribution in [0.3, 0.4) is 0 Å². The van der Waals surface area contributed by atoms with Crippen LogP contribution in [0.15, 0.2) is 47.4 Å². The predicted octanol–water partition coefficient (Wildman–Crippen LogP) is 3.32. The van der Waals surface area contributed by atoms with E-state index in [1.807, 2.05) is 0 Å². The van der Waals surface area contributed by atoms with E-state index in [0.29, 0.717) is 5.02 Å². The summed E-state index contributed by atoms with van der Waals surface area (Å²) in [6.07, 6.45) is 0. The molecule has 8 nitrogen and oxygen atoms in total. The monoisotopic (exact) mass is 412 g/mol. The van der Waals surface area contributed by atoms with Gasteiger partial charge in [0.2, 0.25) is 0 Å². The van der Waals surface area contributed by atoms with Crippen molar-refractivity contribution >= 4 is 39.0 Å². The van der Waals surface area contributed by atoms with E-state index in [-0.39, 0.29) is 22.9 Å². The van der Waals surface area contributed by atoms with Gasteiger partial charge in [0.1, 0.15) is 6.54 Å². The molecule has 2 rings (SSSR count). The molecule has 0 N–H and O–H groups in total. The van der Waals surface area contributed by atoms with E-state index < -0.39 is 27.5 Å². The molecule has 0 aliphatic rings. The summed E-state index contributed by atoms with van der Waals surface area (Å²) in [5, 5.41) is 11.3. The zero-order chi connectivity index (χ0) is 20.2. The van der Waals surface area contributed by atoms with E-state index in [9.17, 15) is 23.3 Å². The fourth-order valence-corrected chi connectivity index (χ4v) is 3.88. The van der Waals surface area contributed by atoms with Crippen LogP contribution in [0.2, 0.25) is 5.02 Å². The molecule has 10 heteroatoms. The number of hydrogen-bond donors (Lipinski definition) is 0. The lowest BCUT2D eigenvalue weighted by Gasteiger charge is -2.24. The molecule has 0 bridgehead atoms. The van der Waals surface area contributed by atoms with Crippen LogP contribution in [-0.2, 0) is 19.6 Å². The van der Waals surface area contributed by atoms with Gasteiger partial charge >= 0.3 is 5.97 Å². The van der Waals surface area contributed by atoms with Gasteiger partial charge in [0, 0.05) is 17.2 Å². The lowest BCUT2D eigenvalue weighted by Crippen LogP contribution is -2.36. The van der Waals surface area contributed by atoms with E-state index in [1.54, 1.807) is 19.9 Å². The van der Waals surface area contributed by atoms with Gasteiger partial charge < -0.3 is 4.74 Å². The van der Waals surface area contributed by atoms with Crippen LogP contribution in [0, 0.1) is 17.0 Å². The maximum absolute atomic E-state index is 13.1. The molecule has 0 amide bonds. The molecular formula is C17H17ClN2O6S. The van der Waals surface area contributed by atoms with Gasteiger partial charge in [0.25, 0.3) is 15.7 Å². The Labute approximate surface area is 161 Å². The van der Waals surface area contributed by atoms with Crippen LogP contribution in [0.5, 0.6) is 0 Å². The fraction of sp³-hybridized carbons (Fsp3) is 0.235. The Morgan fingerprint density at radius 1 is 1.26 bits per heavy atom. The summed E-state index contributed by atoms with van der Waals surface area (Å²) in [6.45, 7) is 2.83. The van der Waals surface area contributed by atoms with E-state index in [2.05, 4.69) is 0 Å². The quantitative estimate of drug-likeness (QED) is 0.392. The van der Waals surface area contributed by atoms with Crippen molar-refractivity contribution in [3.63, 3.8) is 0 Å². The lowest BCUT2D eigenvalue weighted by molar-refractivity contribution is -0.385. The molecule has 144 valence electrons. The van der Waals surface area contributed by atoms with Gasteiger partial charge in [-0.25, -0.2) is 8.42 Å². The number of halogens is 1. The Hall–Kier alpha value is -2.65. The van der Waals surface area contributed by atoms with Crippen LogP contribution < -0.4 is 4.31 Å². The number of ether oxygens (including phenoxy) is 1. The Bertz CT molecular complexity index is 977. The Kier molecular flexibility index (Phi) is 6.40. The molecule has 0 atom stereocenters. The third kappa shape index (κ3) is 4.75. The number of carbonyl (C=O) groups is 1. The molecule has 0 unspecified atom stereocenters. The zero-order valence-corrected chi connectivity index (χ0v) is 16.2. The average Bonchev–Trinajstić information content (AvgIpc) is 2.62. The van der Waals surface area contributed by atoms with Gasteiger partial charge in [-0.15, -0.1) is 0 Å².